The smallest absolute Gasteiger partial charge is 0.428 e. The summed E-state index contributed by atoms with van der Waals surface area (Å²) in [7, 11) is 0. The van der Waals surface area contributed by atoms with Gasteiger partial charge in [0.2, 0.25) is 0 Å². The fourth-order valence-corrected chi connectivity index (χ4v) is 1.12. The molecule has 1 aromatic rings. The number of alkyl halides is 6. The highest BCUT2D eigenvalue weighted by Crippen LogP contribution is 2.37. The van der Waals surface area contributed by atoms with E-state index >= 15 is 0 Å². The zero-order chi connectivity index (χ0) is 14.1. The molecule has 18 heavy (non-hydrogen) atoms. The van der Waals surface area contributed by atoms with Crippen molar-refractivity contribution in [3.8, 4) is 5.75 Å². The Morgan fingerprint density at radius 3 is 2.17 bits per heavy atom. The van der Waals surface area contributed by atoms with Crippen LogP contribution in [0.15, 0.2) is 12.3 Å². The van der Waals surface area contributed by atoms with Crippen LogP contribution in [0.4, 0.5) is 26.3 Å². The standard InChI is InChI=1S/C8H3Cl2F6NO/c9-4-1-3(2-17-5(4)10)18-8(15,16)6(11)7(12,13)14/h1-2,6H. The molecule has 1 aromatic heterocycles. The topological polar surface area (TPSA) is 22.1 Å². The highest BCUT2D eigenvalue weighted by atomic mass is 35.5. The van der Waals surface area contributed by atoms with Crippen molar-refractivity contribution in [3.05, 3.63) is 22.4 Å². The Morgan fingerprint density at radius 1 is 1.17 bits per heavy atom. The molecule has 0 aliphatic heterocycles. The van der Waals surface area contributed by atoms with Gasteiger partial charge in [0, 0.05) is 6.07 Å². The number of ether oxygens (including phenoxy) is 1. The van der Waals surface area contributed by atoms with E-state index in [1.165, 1.54) is 0 Å². The molecule has 0 spiro atoms. The van der Waals surface area contributed by atoms with E-state index in [-0.39, 0.29) is 10.2 Å². The van der Waals surface area contributed by atoms with E-state index in [2.05, 4.69) is 9.72 Å². The van der Waals surface area contributed by atoms with Gasteiger partial charge in [0.15, 0.2) is 0 Å². The molecule has 0 bridgehead atoms. The van der Waals surface area contributed by atoms with E-state index in [1.807, 2.05) is 0 Å². The van der Waals surface area contributed by atoms with Crippen LogP contribution in [0.5, 0.6) is 5.75 Å². The van der Waals surface area contributed by atoms with E-state index in [1.54, 1.807) is 0 Å². The highest BCUT2D eigenvalue weighted by molar-refractivity contribution is 6.41. The first-order valence-electron chi connectivity index (χ1n) is 4.12. The van der Waals surface area contributed by atoms with Crippen LogP contribution >= 0.6 is 23.2 Å². The molecule has 0 aliphatic rings. The second-order valence-corrected chi connectivity index (χ2v) is 3.78. The van der Waals surface area contributed by atoms with Gasteiger partial charge >= 0.3 is 12.3 Å². The molecule has 0 fully saturated rings. The van der Waals surface area contributed by atoms with E-state index in [9.17, 15) is 26.3 Å². The van der Waals surface area contributed by atoms with Crippen molar-refractivity contribution in [2.45, 2.75) is 18.5 Å². The molecule has 102 valence electrons. The lowest BCUT2D eigenvalue weighted by atomic mass is 10.3. The van der Waals surface area contributed by atoms with Crippen molar-refractivity contribution in [3.63, 3.8) is 0 Å². The maximum absolute atomic E-state index is 12.8. The maximum atomic E-state index is 12.8. The molecule has 0 N–H and O–H groups in total. The summed E-state index contributed by atoms with van der Waals surface area (Å²) in [5.41, 5.74) is 0. The predicted molar refractivity (Wildman–Crippen MR) is 50.8 cm³/mol. The van der Waals surface area contributed by atoms with Crippen molar-refractivity contribution in [2.75, 3.05) is 0 Å². The first kappa shape index (κ1) is 15.2. The minimum atomic E-state index is -5.76. The van der Waals surface area contributed by atoms with Crippen molar-refractivity contribution in [2.24, 2.45) is 0 Å². The summed E-state index contributed by atoms with van der Waals surface area (Å²) in [6, 6.07) is 0.688. The second-order valence-electron chi connectivity index (χ2n) is 3.01. The lowest BCUT2D eigenvalue weighted by Crippen LogP contribution is -2.45. The molecule has 0 aliphatic carbocycles. The number of nitrogens with zero attached hydrogens (tertiary/aromatic N) is 1. The van der Waals surface area contributed by atoms with Crippen LogP contribution in [-0.2, 0) is 0 Å². The molecule has 0 saturated heterocycles. The van der Waals surface area contributed by atoms with Gasteiger partial charge in [-0.1, -0.05) is 23.2 Å². The summed E-state index contributed by atoms with van der Waals surface area (Å²) in [5, 5.41) is -0.590. The first-order chi connectivity index (χ1) is 8.04. The first-order valence-corrected chi connectivity index (χ1v) is 4.88. The molecule has 10 heteroatoms. The van der Waals surface area contributed by atoms with Crippen LogP contribution in [-0.4, -0.2) is 23.4 Å². The molecule has 1 atom stereocenters. The summed E-state index contributed by atoms with van der Waals surface area (Å²) in [5.74, 6) is -0.846. The number of pyridine rings is 1. The van der Waals surface area contributed by atoms with E-state index in [0.29, 0.717) is 12.3 Å². The minimum Gasteiger partial charge on any atom is -0.428 e. The SMILES string of the molecule is FC(C(F)(F)F)C(F)(F)Oc1cnc(Cl)c(Cl)c1. The maximum Gasteiger partial charge on any atom is 0.439 e. The Balaban J connectivity index is 2.91. The normalized spacial score (nSPS) is 14.4. The zero-order valence-corrected chi connectivity index (χ0v) is 9.62. The van der Waals surface area contributed by atoms with Crippen molar-refractivity contribution < 1.29 is 31.1 Å². The molecular weight excluding hydrogens is 311 g/mol. The van der Waals surface area contributed by atoms with Gasteiger partial charge in [0.1, 0.15) is 10.9 Å². The van der Waals surface area contributed by atoms with Crippen molar-refractivity contribution >= 4 is 23.2 Å². The Labute approximate surface area is 106 Å². The average Bonchev–Trinajstić information content (AvgIpc) is 2.20. The third-order valence-corrected chi connectivity index (χ3v) is 2.29. The number of rotatable bonds is 3. The van der Waals surface area contributed by atoms with Gasteiger partial charge in [-0.25, -0.2) is 9.37 Å². The minimum absolute atomic E-state index is 0.264. The van der Waals surface area contributed by atoms with Crippen LogP contribution in [0, 0.1) is 0 Å². The van der Waals surface area contributed by atoms with Crippen LogP contribution < -0.4 is 4.74 Å². The summed E-state index contributed by atoms with van der Waals surface area (Å²) in [6.45, 7) is 0. The molecule has 1 unspecified atom stereocenters. The average molecular weight is 314 g/mol. The Kier molecular flexibility index (Phi) is 4.22. The fraction of sp³-hybridized carbons (Fsp3) is 0.375. The summed E-state index contributed by atoms with van der Waals surface area (Å²) >= 11 is 10.7. The number of hydrogen-bond donors (Lipinski definition) is 0. The van der Waals surface area contributed by atoms with Crippen LogP contribution in [0.2, 0.25) is 10.2 Å². The Bertz CT molecular complexity index is 438. The van der Waals surface area contributed by atoms with Crippen LogP contribution in [0.3, 0.4) is 0 Å². The van der Waals surface area contributed by atoms with Gasteiger partial charge in [-0.15, -0.1) is 0 Å². The summed E-state index contributed by atoms with van der Waals surface area (Å²) < 4.78 is 77.1. The highest BCUT2D eigenvalue weighted by Gasteiger charge is 2.59. The quantitative estimate of drug-likeness (QED) is 0.614. The zero-order valence-electron chi connectivity index (χ0n) is 8.11. The van der Waals surface area contributed by atoms with Gasteiger partial charge in [-0.05, 0) is 0 Å². The van der Waals surface area contributed by atoms with Crippen LogP contribution in [0.25, 0.3) is 0 Å². The number of halogens is 8. The fourth-order valence-electron chi connectivity index (χ4n) is 0.859. The molecule has 0 aromatic carbocycles. The summed E-state index contributed by atoms with van der Waals surface area (Å²) in [4.78, 5) is 3.26. The number of aromatic nitrogens is 1. The Morgan fingerprint density at radius 2 is 1.72 bits per heavy atom. The molecular formula is C8H3Cl2F6NO. The van der Waals surface area contributed by atoms with Gasteiger partial charge in [-0.3, -0.25) is 0 Å². The molecule has 0 amide bonds. The van der Waals surface area contributed by atoms with Crippen LogP contribution in [0.1, 0.15) is 0 Å². The van der Waals surface area contributed by atoms with E-state index < -0.39 is 24.2 Å². The van der Waals surface area contributed by atoms with E-state index in [4.69, 9.17) is 23.2 Å². The number of hydrogen-bond acceptors (Lipinski definition) is 2. The third kappa shape index (κ3) is 3.55. The van der Waals surface area contributed by atoms with Crippen molar-refractivity contribution in [1.29, 1.82) is 0 Å². The van der Waals surface area contributed by atoms with Crippen molar-refractivity contribution in [1.82, 2.24) is 4.98 Å². The van der Waals surface area contributed by atoms with Gasteiger partial charge in [0.25, 0.3) is 6.17 Å². The van der Waals surface area contributed by atoms with Gasteiger partial charge < -0.3 is 4.74 Å². The summed E-state index contributed by atoms with van der Waals surface area (Å²) in [6.07, 6.45) is -14.7. The lowest BCUT2D eigenvalue weighted by Gasteiger charge is -2.22. The second kappa shape index (κ2) is 5.00. The lowest BCUT2D eigenvalue weighted by molar-refractivity contribution is -0.305. The molecule has 2 nitrogen and oxygen atoms in total. The Hall–Kier alpha value is -0.890. The third-order valence-electron chi connectivity index (χ3n) is 1.61. The predicted octanol–water partition coefficient (Wildman–Crippen LogP) is 4.26. The molecule has 1 rings (SSSR count). The molecule has 1 heterocycles. The van der Waals surface area contributed by atoms with Gasteiger partial charge in [-0.2, -0.15) is 22.0 Å². The van der Waals surface area contributed by atoms with E-state index in [0.717, 1.165) is 0 Å². The van der Waals surface area contributed by atoms with Gasteiger partial charge in [0.05, 0.1) is 11.2 Å². The molecule has 0 radical (unpaired) electrons. The molecule has 0 saturated carbocycles. The monoisotopic (exact) mass is 313 g/mol. The largest absolute Gasteiger partial charge is 0.439 e.